The zero-order chi connectivity index (χ0) is 14.0. The predicted molar refractivity (Wildman–Crippen MR) is 70.3 cm³/mol. The van der Waals surface area contributed by atoms with E-state index in [1.165, 1.54) is 12.1 Å². The van der Waals surface area contributed by atoms with Crippen LogP contribution in [0.5, 0.6) is 11.6 Å². The van der Waals surface area contributed by atoms with Crippen LogP contribution in [0.1, 0.15) is 10.4 Å². The molecular weight excluding hydrogens is 371 g/mol. The molecule has 1 aromatic carbocycles. The average molecular weight is 377 g/mol. The molecule has 0 aliphatic carbocycles. The Hall–Kier alpha value is -1.77. The van der Waals surface area contributed by atoms with Gasteiger partial charge in [-0.1, -0.05) is 0 Å². The van der Waals surface area contributed by atoms with Gasteiger partial charge in [-0.3, -0.25) is 0 Å². The van der Waals surface area contributed by atoms with Crippen LogP contribution in [-0.4, -0.2) is 16.1 Å². The number of aromatic carboxylic acids is 1. The molecule has 0 aliphatic rings. The highest BCUT2D eigenvalue weighted by molar-refractivity contribution is 14.1. The molecule has 0 aliphatic heterocycles. The summed E-state index contributed by atoms with van der Waals surface area (Å²) in [5.41, 5.74) is -0.127. The number of carbonyl (C=O) groups is 1. The first kappa shape index (κ1) is 13.7. The quantitative estimate of drug-likeness (QED) is 0.833. The normalized spacial score (nSPS) is 10.3. The van der Waals surface area contributed by atoms with Crippen molar-refractivity contribution in [3.63, 3.8) is 0 Å². The van der Waals surface area contributed by atoms with Crippen LogP contribution in [0.3, 0.4) is 0 Å². The Morgan fingerprint density at radius 2 is 2.05 bits per heavy atom. The van der Waals surface area contributed by atoms with Gasteiger partial charge in [-0.05, 0) is 40.8 Å². The van der Waals surface area contributed by atoms with E-state index in [4.69, 9.17) is 9.84 Å². The Morgan fingerprint density at radius 3 is 2.68 bits per heavy atom. The van der Waals surface area contributed by atoms with Crippen LogP contribution < -0.4 is 4.74 Å². The molecule has 4 nitrogen and oxygen atoms in total. The van der Waals surface area contributed by atoms with Crippen LogP contribution in [0, 0.1) is 15.2 Å². The number of carboxylic acids is 1. The summed E-state index contributed by atoms with van der Waals surface area (Å²) < 4.78 is 31.8. The number of halogens is 3. The number of carboxylic acid groups (broad SMARTS) is 1. The fraction of sp³-hybridized carbons (Fsp3) is 0. The van der Waals surface area contributed by atoms with E-state index >= 15 is 0 Å². The Labute approximate surface area is 120 Å². The Morgan fingerprint density at radius 1 is 1.32 bits per heavy atom. The van der Waals surface area contributed by atoms with E-state index in [1.807, 2.05) is 22.6 Å². The van der Waals surface area contributed by atoms with Crippen LogP contribution in [0.15, 0.2) is 30.5 Å². The van der Waals surface area contributed by atoms with Crippen LogP contribution in [-0.2, 0) is 0 Å². The van der Waals surface area contributed by atoms with Gasteiger partial charge in [0.25, 0.3) is 5.88 Å². The number of rotatable bonds is 3. The number of nitrogens with zero attached hydrogens (tertiary/aromatic N) is 1. The molecule has 1 N–H and O–H groups in total. The molecule has 0 spiro atoms. The number of hydrogen-bond acceptors (Lipinski definition) is 3. The van der Waals surface area contributed by atoms with Gasteiger partial charge in [0.05, 0.1) is 6.20 Å². The van der Waals surface area contributed by atoms with E-state index in [-0.39, 0.29) is 11.3 Å². The SMILES string of the molecule is O=C(O)c1cc(I)ccc1Oc1ncc(F)cc1F. The lowest BCUT2D eigenvalue weighted by Gasteiger charge is -2.08. The summed E-state index contributed by atoms with van der Waals surface area (Å²) in [5.74, 6) is -3.60. The third-order valence-corrected chi connectivity index (χ3v) is 2.82. The minimum Gasteiger partial charge on any atom is -0.478 e. The monoisotopic (exact) mass is 377 g/mol. The standard InChI is InChI=1S/C12H6F2INO3/c13-6-3-9(14)11(16-5-6)19-10-2-1-7(15)4-8(10)12(17)18/h1-5H,(H,17,18). The van der Waals surface area contributed by atoms with Gasteiger partial charge in [0.15, 0.2) is 5.82 Å². The molecular formula is C12H6F2INO3. The van der Waals surface area contributed by atoms with Gasteiger partial charge in [-0.2, -0.15) is 0 Å². The van der Waals surface area contributed by atoms with Gasteiger partial charge in [0, 0.05) is 9.64 Å². The second-order valence-corrected chi connectivity index (χ2v) is 4.73. The lowest BCUT2D eigenvalue weighted by atomic mass is 10.2. The molecule has 0 saturated heterocycles. The molecule has 2 rings (SSSR count). The average Bonchev–Trinajstić information content (AvgIpc) is 2.34. The van der Waals surface area contributed by atoms with Gasteiger partial charge in [-0.15, -0.1) is 0 Å². The van der Waals surface area contributed by atoms with E-state index in [2.05, 4.69) is 4.98 Å². The summed E-state index contributed by atoms with van der Waals surface area (Å²) in [6.07, 6.45) is 0.783. The number of hydrogen-bond donors (Lipinski definition) is 1. The minimum absolute atomic E-state index is 0.0640. The lowest BCUT2D eigenvalue weighted by molar-refractivity contribution is 0.0694. The molecule has 0 radical (unpaired) electrons. The number of ether oxygens (including phenoxy) is 1. The maximum absolute atomic E-state index is 13.4. The van der Waals surface area contributed by atoms with Gasteiger partial charge >= 0.3 is 5.97 Å². The van der Waals surface area contributed by atoms with Gasteiger partial charge < -0.3 is 9.84 Å². The maximum atomic E-state index is 13.4. The van der Waals surface area contributed by atoms with E-state index < -0.39 is 23.5 Å². The van der Waals surface area contributed by atoms with Gasteiger partial charge in [0.2, 0.25) is 0 Å². The van der Waals surface area contributed by atoms with Crippen molar-refractivity contribution >= 4 is 28.6 Å². The van der Waals surface area contributed by atoms with E-state index in [0.29, 0.717) is 9.64 Å². The fourth-order valence-corrected chi connectivity index (χ4v) is 1.83. The van der Waals surface area contributed by atoms with Crippen LogP contribution in [0.4, 0.5) is 8.78 Å². The summed E-state index contributed by atoms with van der Waals surface area (Å²) >= 11 is 1.94. The van der Waals surface area contributed by atoms with Crippen LogP contribution in [0.2, 0.25) is 0 Å². The molecule has 0 unspecified atom stereocenters. The molecule has 0 saturated carbocycles. The molecule has 1 aromatic heterocycles. The van der Waals surface area contributed by atoms with Gasteiger partial charge in [-0.25, -0.2) is 18.6 Å². The first-order valence-electron chi connectivity index (χ1n) is 4.99. The molecule has 0 bridgehead atoms. The number of benzene rings is 1. The topological polar surface area (TPSA) is 59.4 Å². The Bertz CT molecular complexity index is 649. The van der Waals surface area contributed by atoms with Crippen molar-refractivity contribution in [2.24, 2.45) is 0 Å². The number of aromatic nitrogens is 1. The molecule has 0 fully saturated rings. The first-order valence-corrected chi connectivity index (χ1v) is 6.07. The highest BCUT2D eigenvalue weighted by Crippen LogP contribution is 2.27. The molecule has 98 valence electrons. The smallest absolute Gasteiger partial charge is 0.339 e. The van der Waals surface area contributed by atoms with Crippen molar-refractivity contribution in [3.8, 4) is 11.6 Å². The van der Waals surface area contributed by atoms with E-state index in [1.54, 1.807) is 6.07 Å². The summed E-state index contributed by atoms with van der Waals surface area (Å²) in [7, 11) is 0. The zero-order valence-corrected chi connectivity index (χ0v) is 11.4. The number of pyridine rings is 1. The summed E-state index contributed by atoms with van der Waals surface area (Å²) in [5, 5.41) is 9.02. The molecule has 1 heterocycles. The predicted octanol–water partition coefficient (Wildman–Crippen LogP) is 3.45. The summed E-state index contributed by atoms with van der Waals surface area (Å²) in [6, 6.07) is 4.97. The molecule has 19 heavy (non-hydrogen) atoms. The first-order chi connectivity index (χ1) is 8.97. The van der Waals surface area contributed by atoms with Crippen molar-refractivity contribution < 1.29 is 23.4 Å². The Kier molecular flexibility index (Phi) is 3.93. The Balaban J connectivity index is 2.40. The minimum atomic E-state index is -1.21. The van der Waals surface area contributed by atoms with Crippen molar-refractivity contribution in [2.75, 3.05) is 0 Å². The van der Waals surface area contributed by atoms with Crippen molar-refractivity contribution in [1.29, 1.82) is 0 Å². The maximum Gasteiger partial charge on any atom is 0.339 e. The van der Waals surface area contributed by atoms with E-state index in [0.717, 1.165) is 6.20 Å². The summed E-state index contributed by atoms with van der Waals surface area (Å²) in [4.78, 5) is 14.5. The molecule has 0 atom stereocenters. The fourth-order valence-electron chi connectivity index (χ4n) is 1.34. The largest absolute Gasteiger partial charge is 0.478 e. The third kappa shape index (κ3) is 3.16. The highest BCUT2D eigenvalue weighted by Gasteiger charge is 2.15. The van der Waals surface area contributed by atoms with Gasteiger partial charge in [0.1, 0.15) is 17.1 Å². The molecule has 2 aromatic rings. The highest BCUT2D eigenvalue weighted by atomic mass is 127. The second-order valence-electron chi connectivity index (χ2n) is 3.49. The molecule has 0 amide bonds. The molecule has 7 heteroatoms. The second kappa shape index (κ2) is 5.47. The zero-order valence-electron chi connectivity index (χ0n) is 9.23. The van der Waals surface area contributed by atoms with Crippen molar-refractivity contribution in [3.05, 3.63) is 51.2 Å². The third-order valence-electron chi connectivity index (χ3n) is 2.15. The van der Waals surface area contributed by atoms with Crippen molar-refractivity contribution in [1.82, 2.24) is 4.98 Å². The van der Waals surface area contributed by atoms with E-state index in [9.17, 15) is 13.6 Å². The summed E-state index contributed by atoms with van der Waals surface area (Å²) in [6.45, 7) is 0. The van der Waals surface area contributed by atoms with Crippen molar-refractivity contribution in [2.45, 2.75) is 0 Å². The van der Waals surface area contributed by atoms with Crippen LogP contribution >= 0.6 is 22.6 Å². The lowest BCUT2D eigenvalue weighted by Crippen LogP contribution is -2.02. The van der Waals surface area contributed by atoms with Crippen LogP contribution in [0.25, 0.3) is 0 Å².